The van der Waals surface area contributed by atoms with Gasteiger partial charge in [0.15, 0.2) is 0 Å². The zero-order chi connectivity index (χ0) is 13.6. The third kappa shape index (κ3) is 1.81. The second kappa shape index (κ2) is 4.35. The van der Waals surface area contributed by atoms with Crippen LogP contribution in [0.2, 0.25) is 0 Å². The average Bonchev–Trinajstić information content (AvgIpc) is 2.66. The Hall–Kier alpha value is -1.87. The first-order chi connectivity index (χ1) is 9.09. The van der Waals surface area contributed by atoms with Crippen LogP contribution in [0.1, 0.15) is 21.5 Å². The van der Waals surface area contributed by atoms with Crippen molar-refractivity contribution in [2.24, 2.45) is 0 Å². The van der Waals surface area contributed by atoms with E-state index < -0.39 is 0 Å². The Morgan fingerprint density at radius 2 is 1.79 bits per heavy atom. The largest absolute Gasteiger partial charge is 0.277 e. The number of fused-ring (bicyclic) bond motifs is 1. The minimum Gasteiger partial charge on any atom is -0.277 e. The van der Waals surface area contributed by atoms with Crippen molar-refractivity contribution in [3.8, 4) is 0 Å². The number of hydrogen-bond donors (Lipinski definition) is 0. The van der Waals surface area contributed by atoms with Gasteiger partial charge in [-0.2, -0.15) is 0 Å². The summed E-state index contributed by atoms with van der Waals surface area (Å²) in [6, 6.07) is 13.4. The highest BCUT2D eigenvalue weighted by atomic mass is 79.9. The highest BCUT2D eigenvalue weighted by Crippen LogP contribution is 2.36. The van der Waals surface area contributed by atoms with E-state index in [-0.39, 0.29) is 5.91 Å². The maximum Gasteiger partial charge on any atom is 0.263 e. The molecule has 0 saturated carbocycles. The van der Waals surface area contributed by atoms with Gasteiger partial charge >= 0.3 is 0 Å². The third-order valence-corrected chi connectivity index (χ3v) is 4.21. The second-order valence-corrected chi connectivity index (χ2v) is 5.42. The summed E-state index contributed by atoms with van der Waals surface area (Å²) < 4.78 is 0.988. The van der Waals surface area contributed by atoms with E-state index in [1.165, 1.54) is 0 Å². The Bertz CT molecular complexity index is 671. The van der Waals surface area contributed by atoms with Crippen LogP contribution in [0.5, 0.6) is 0 Å². The first-order valence-electron chi connectivity index (χ1n) is 5.98. The standard InChI is InChI=1S/C16H12BrNO/c1-10-7-8-12(9-15(10)17)18-11(2)13-5-3-4-6-14(13)16(18)19/h3-9H,2H2,1H3. The fourth-order valence-corrected chi connectivity index (χ4v) is 2.65. The highest BCUT2D eigenvalue weighted by molar-refractivity contribution is 9.10. The molecule has 1 amide bonds. The molecule has 0 aliphatic carbocycles. The topological polar surface area (TPSA) is 20.3 Å². The van der Waals surface area contributed by atoms with E-state index in [9.17, 15) is 4.79 Å². The molecule has 19 heavy (non-hydrogen) atoms. The number of benzene rings is 2. The molecule has 0 bridgehead atoms. The number of aryl methyl sites for hydroxylation is 1. The third-order valence-electron chi connectivity index (χ3n) is 3.35. The lowest BCUT2D eigenvalue weighted by atomic mass is 10.1. The van der Waals surface area contributed by atoms with E-state index in [0.29, 0.717) is 5.56 Å². The van der Waals surface area contributed by atoms with Crippen molar-refractivity contribution in [2.75, 3.05) is 4.90 Å². The van der Waals surface area contributed by atoms with Gasteiger partial charge in [-0.15, -0.1) is 0 Å². The van der Waals surface area contributed by atoms with Gasteiger partial charge in [-0.25, -0.2) is 0 Å². The molecular weight excluding hydrogens is 302 g/mol. The molecule has 3 rings (SSSR count). The minimum atomic E-state index is -0.0173. The first kappa shape index (κ1) is 12.2. The van der Waals surface area contributed by atoms with E-state index in [4.69, 9.17) is 0 Å². The molecule has 1 heterocycles. The van der Waals surface area contributed by atoms with E-state index in [2.05, 4.69) is 22.5 Å². The zero-order valence-corrected chi connectivity index (χ0v) is 12.1. The Balaban J connectivity index is 2.11. The molecule has 2 aromatic carbocycles. The Morgan fingerprint density at radius 1 is 1.11 bits per heavy atom. The molecule has 0 aromatic heterocycles. The number of nitrogens with zero attached hydrogens (tertiary/aromatic N) is 1. The molecule has 1 aliphatic rings. The van der Waals surface area contributed by atoms with E-state index in [0.717, 1.165) is 27.0 Å². The van der Waals surface area contributed by atoms with Gasteiger partial charge in [-0.1, -0.05) is 46.8 Å². The van der Waals surface area contributed by atoms with Gasteiger partial charge in [0.05, 0.1) is 11.4 Å². The summed E-state index contributed by atoms with van der Waals surface area (Å²) >= 11 is 3.50. The molecule has 0 saturated heterocycles. The predicted molar refractivity (Wildman–Crippen MR) is 81.2 cm³/mol. The van der Waals surface area contributed by atoms with Crippen molar-refractivity contribution in [1.82, 2.24) is 0 Å². The minimum absolute atomic E-state index is 0.0173. The predicted octanol–water partition coefficient (Wildman–Crippen LogP) is 4.39. The van der Waals surface area contributed by atoms with Crippen molar-refractivity contribution in [3.05, 3.63) is 70.2 Å². The van der Waals surface area contributed by atoms with Crippen LogP contribution in [-0.4, -0.2) is 5.91 Å². The fourth-order valence-electron chi connectivity index (χ4n) is 2.28. The van der Waals surface area contributed by atoms with Gasteiger partial charge in [0.2, 0.25) is 0 Å². The van der Waals surface area contributed by atoms with Gasteiger partial charge < -0.3 is 0 Å². The molecule has 94 valence electrons. The van der Waals surface area contributed by atoms with Gasteiger partial charge in [-0.05, 0) is 30.7 Å². The molecule has 0 atom stereocenters. The first-order valence-corrected chi connectivity index (χ1v) is 6.78. The van der Waals surface area contributed by atoms with Crippen molar-refractivity contribution < 1.29 is 4.79 Å². The number of halogens is 1. The molecule has 0 unspecified atom stereocenters. The van der Waals surface area contributed by atoms with Crippen LogP contribution in [-0.2, 0) is 0 Å². The van der Waals surface area contributed by atoms with E-state index in [1.807, 2.05) is 49.4 Å². The lowest BCUT2D eigenvalue weighted by Gasteiger charge is -2.18. The van der Waals surface area contributed by atoms with Gasteiger partial charge in [0.25, 0.3) is 5.91 Å². The summed E-state index contributed by atoms with van der Waals surface area (Å²) in [4.78, 5) is 14.1. The summed E-state index contributed by atoms with van der Waals surface area (Å²) in [6.45, 7) is 6.06. The van der Waals surface area contributed by atoms with Gasteiger partial charge in [0.1, 0.15) is 0 Å². The smallest absolute Gasteiger partial charge is 0.263 e. The van der Waals surface area contributed by atoms with Crippen molar-refractivity contribution >= 4 is 33.2 Å². The average molecular weight is 314 g/mol. The molecule has 0 N–H and O–H groups in total. The highest BCUT2D eigenvalue weighted by Gasteiger charge is 2.31. The molecule has 3 heteroatoms. The lowest BCUT2D eigenvalue weighted by Crippen LogP contribution is -2.21. The van der Waals surface area contributed by atoms with Crippen LogP contribution in [0.15, 0.2) is 53.5 Å². The number of hydrogen-bond acceptors (Lipinski definition) is 1. The van der Waals surface area contributed by atoms with Crippen LogP contribution in [0, 0.1) is 6.92 Å². The number of rotatable bonds is 1. The van der Waals surface area contributed by atoms with Crippen LogP contribution in [0.4, 0.5) is 5.69 Å². The molecule has 2 aromatic rings. The number of carbonyl (C=O) groups excluding carboxylic acids is 1. The summed E-state index contributed by atoms with van der Waals surface area (Å²) in [5, 5.41) is 0. The maximum atomic E-state index is 12.5. The van der Waals surface area contributed by atoms with Crippen molar-refractivity contribution in [3.63, 3.8) is 0 Å². The Labute approximate surface area is 120 Å². The Morgan fingerprint density at radius 3 is 2.42 bits per heavy atom. The molecule has 0 radical (unpaired) electrons. The summed E-state index contributed by atoms with van der Waals surface area (Å²) in [7, 11) is 0. The molecule has 2 nitrogen and oxygen atoms in total. The fraction of sp³-hybridized carbons (Fsp3) is 0.0625. The van der Waals surface area contributed by atoms with E-state index >= 15 is 0 Å². The number of amides is 1. The number of carbonyl (C=O) groups is 1. The van der Waals surface area contributed by atoms with Crippen molar-refractivity contribution in [1.29, 1.82) is 0 Å². The molecule has 0 fully saturated rings. The SMILES string of the molecule is C=C1c2ccccc2C(=O)N1c1ccc(C)c(Br)c1. The Kier molecular flexibility index (Phi) is 2.79. The van der Waals surface area contributed by atoms with Crippen LogP contribution in [0.3, 0.4) is 0 Å². The summed E-state index contributed by atoms with van der Waals surface area (Å²) in [6.07, 6.45) is 0. The molecule has 0 spiro atoms. The van der Waals surface area contributed by atoms with Crippen LogP contribution < -0.4 is 4.90 Å². The summed E-state index contributed by atoms with van der Waals surface area (Å²) in [5.74, 6) is -0.0173. The maximum absolute atomic E-state index is 12.5. The van der Waals surface area contributed by atoms with Crippen LogP contribution in [0.25, 0.3) is 5.70 Å². The van der Waals surface area contributed by atoms with Gasteiger partial charge in [0, 0.05) is 15.6 Å². The molecular formula is C16H12BrNO. The number of anilines is 1. The lowest BCUT2D eigenvalue weighted by molar-refractivity contribution is 0.101. The second-order valence-electron chi connectivity index (χ2n) is 4.57. The van der Waals surface area contributed by atoms with Crippen molar-refractivity contribution in [2.45, 2.75) is 6.92 Å². The van der Waals surface area contributed by atoms with Gasteiger partial charge in [-0.3, -0.25) is 9.69 Å². The quantitative estimate of drug-likeness (QED) is 0.764. The summed E-state index contributed by atoms with van der Waals surface area (Å²) in [5.41, 5.74) is 4.33. The monoisotopic (exact) mass is 313 g/mol. The van der Waals surface area contributed by atoms with E-state index in [1.54, 1.807) is 4.90 Å². The van der Waals surface area contributed by atoms with Crippen LogP contribution >= 0.6 is 15.9 Å². The zero-order valence-electron chi connectivity index (χ0n) is 10.5. The normalized spacial score (nSPS) is 13.9. The molecule has 1 aliphatic heterocycles.